The predicted octanol–water partition coefficient (Wildman–Crippen LogP) is 3.76. The van der Waals surface area contributed by atoms with Gasteiger partial charge >= 0.3 is 0 Å². The second-order valence-electron chi connectivity index (χ2n) is 6.11. The van der Waals surface area contributed by atoms with Crippen LogP contribution in [0.25, 0.3) is 11.0 Å². The Morgan fingerprint density at radius 2 is 1.81 bits per heavy atom. The summed E-state index contributed by atoms with van der Waals surface area (Å²) in [6, 6.07) is 11.7. The monoisotopic (exact) mass is 430 g/mol. The third kappa shape index (κ3) is 4.49. The van der Waals surface area contributed by atoms with Crippen molar-refractivity contribution in [2.75, 3.05) is 13.1 Å². The molecule has 0 atom stereocenters. The Hall–Kier alpha value is -2.80. The maximum Gasteiger partial charge on any atom is 0.287 e. The summed E-state index contributed by atoms with van der Waals surface area (Å²) < 4.78 is 6.58. The molecule has 3 rings (SSSR count). The summed E-state index contributed by atoms with van der Waals surface area (Å²) in [6.07, 6.45) is 0.571. The van der Waals surface area contributed by atoms with Gasteiger partial charge in [0.05, 0.1) is 0 Å². The van der Waals surface area contributed by atoms with Crippen molar-refractivity contribution in [2.45, 2.75) is 13.3 Å². The fourth-order valence-corrected chi connectivity index (χ4v) is 3.09. The molecule has 3 aromatic rings. The average molecular weight is 431 g/mol. The molecule has 0 radical (unpaired) electrons. The highest BCUT2D eigenvalue weighted by molar-refractivity contribution is 9.10. The predicted molar refractivity (Wildman–Crippen MR) is 106 cm³/mol. The number of benzene rings is 2. The number of fused-ring (bicyclic) bond motifs is 1. The van der Waals surface area contributed by atoms with Crippen molar-refractivity contribution in [3.05, 3.63) is 63.8 Å². The summed E-state index contributed by atoms with van der Waals surface area (Å²) in [4.78, 5) is 24.3. The van der Waals surface area contributed by atoms with E-state index in [1.54, 1.807) is 12.1 Å². The van der Waals surface area contributed by atoms with Gasteiger partial charge in [0, 0.05) is 34.1 Å². The molecule has 27 heavy (non-hydrogen) atoms. The van der Waals surface area contributed by atoms with Crippen LogP contribution in [0.2, 0.25) is 0 Å². The molecule has 0 aliphatic rings. The first-order valence-electron chi connectivity index (χ1n) is 8.50. The molecule has 3 N–H and O–H groups in total. The molecule has 2 amide bonds. The summed E-state index contributed by atoms with van der Waals surface area (Å²) >= 11 is 3.41. The van der Waals surface area contributed by atoms with E-state index in [9.17, 15) is 14.7 Å². The van der Waals surface area contributed by atoms with Crippen LogP contribution in [0.4, 0.5) is 0 Å². The van der Waals surface area contributed by atoms with Crippen molar-refractivity contribution in [3.63, 3.8) is 0 Å². The Morgan fingerprint density at radius 3 is 2.56 bits per heavy atom. The van der Waals surface area contributed by atoms with Crippen LogP contribution in [0.5, 0.6) is 5.75 Å². The van der Waals surface area contributed by atoms with Gasteiger partial charge in [0.1, 0.15) is 11.3 Å². The van der Waals surface area contributed by atoms with Crippen LogP contribution in [0.3, 0.4) is 0 Å². The van der Waals surface area contributed by atoms with E-state index in [0.717, 1.165) is 15.4 Å². The summed E-state index contributed by atoms with van der Waals surface area (Å²) in [5, 5.41) is 15.8. The van der Waals surface area contributed by atoms with Crippen LogP contribution in [0, 0.1) is 6.92 Å². The third-order valence-electron chi connectivity index (χ3n) is 4.14. The van der Waals surface area contributed by atoms with Gasteiger partial charge in [0.25, 0.3) is 11.8 Å². The molecule has 0 saturated carbocycles. The SMILES string of the molecule is Cc1c(C(=O)NCCCNC(=O)c2cccc(O)c2)oc2ccc(Br)cc12. The first kappa shape index (κ1) is 19.0. The van der Waals surface area contributed by atoms with Crippen LogP contribution < -0.4 is 10.6 Å². The fourth-order valence-electron chi connectivity index (χ4n) is 2.73. The van der Waals surface area contributed by atoms with E-state index in [2.05, 4.69) is 26.6 Å². The molecule has 0 aliphatic carbocycles. The zero-order valence-corrected chi connectivity index (χ0v) is 16.3. The second-order valence-corrected chi connectivity index (χ2v) is 7.03. The minimum Gasteiger partial charge on any atom is -0.508 e. The van der Waals surface area contributed by atoms with E-state index in [0.29, 0.717) is 36.4 Å². The lowest BCUT2D eigenvalue weighted by atomic mass is 10.1. The Labute approximate surface area is 164 Å². The van der Waals surface area contributed by atoms with Crippen LogP contribution in [-0.2, 0) is 0 Å². The largest absolute Gasteiger partial charge is 0.508 e. The zero-order chi connectivity index (χ0) is 19.4. The van der Waals surface area contributed by atoms with Crippen molar-refractivity contribution < 1.29 is 19.1 Å². The number of furan rings is 1. The lowest BCUT2D eigenvalue weighted by molar-refractivity contribution is 0.0927. The highest BCUT2D eigenvalue weighted by Crippen LogP contribution is 2.27. The minimum atomic E-state index is -0.279. The zero-order valence-electron chi connectivity index (χ0n) is 14.7. The quantitative estimate of drug-likeness (QED) is 0.519. The highest BCUT2D eigenvalue weighted by atomic mass is 79.9. The van der Waals surface area contributed by atoms with Gasteiger partial charge in [-0.1, -0.05) is 22.0 Å². The van der Waals surface area contributed by atoms with Crippen LogP contribution in [0.1, 0.15) is 32.9 Å². The minimum absolute atomic E-state index is 0.0446. The van der Waals surface area contributed by atoms with Crippen LogP contribution in [-0.4, -0.2) is 30.0 Å². The number of amides is 2. The molecule has 0 spiro atoms. The number of carbonyl (C=O) groups is 2. The molecule has 0 aliphatic heterocycles. The fraction of sp³-hybridized carbons (Fsp3) is 0.200. The summed E-state index contributed by atoms with van der Waals surface area (Å²) in [5.41, 5.74) is 1.85. The van der Waals surface area contributed by atoms with Gasteiger partial charge in [-0.3, -0.25) is 9.59 Å². The number of aryl methyl sites for hydroxylation is 1. The first-order chi connectivity index (χ1) is 13.0. The Bertz CT molecular complexity index is 997. The Morgan fingerprint density at radius 1 is 1.07 bits per heavy atom. The Balaban J connectivity index is 1.49. The van der Waals surface area contributed by atoms with E-state index in [4.69, 9.17) is 4.42 Å². The molecule has 0 bridgehead atoms. The van der Waals surface area contributed by atoms with Gasteiger partial charge in [-0.15, -0.1) is 0 Å². The molecular formula is C20H19BrN2O4. The number of rotatable bonds is 6. The summed E-state index contributed by atoms with van der Waals surface area (Å²) in [5.74, 6) is -0.204. The van der Waals surface area contributed by atoms with Crippen molar-refractivity contribution in [2.24, 2.45) is 0 Å². The van der Waals surface area contributed by atoms with Gasteiger partial charge in [-0.25, -0.2) is 0 Å². The molecule has 0 unspecified atom stereocenters. The third-order valence-corrected chi connectivity index (χ3v) is 4.63. The van der Waals surface area contributed by atoms with Crippen molar-refractivity contribution in [1.29, 1.82) is 0 Å². The van der Waals surface area contributed by atoms with Gasteiger partial charge in [-0.2, -0.15) is 0 Å². The van der Waals surface area contributed by atoms with Crippen molar-refractivity contribution in [3.8, 4) is 5.75 Å². The lowest BCUT2D eigenvalue weighted by Crippen LogP contribution is -2.30. The average Bonchev–Trinajstić information content (AvgIpc) is 2.97. The summed E-state index contributed by atoms with van der Waals surface area (Å²) in [6.45, 7) is 2.66. The molecule has 0 fully saturated rings. The van der Waals surface area contributed by atoms with Gasteiger partial charge in [0.15, 0.2) is 5.76 Å². The second kappa shape index (κ2) is 8.26. The van der Waals surface area contributed by atoms with E-state index in [-0.39, 0.29) is 17.6 Å². The normalized spacial score (nSPS) is 10.7. The van der Waals surface area contributed by atoms with Gasteiger partial charge in [0.2, 0.25) is 0 Å². The molecule has 140 valence electrons. The highest BCUT2D eigenvalue weighted by Gasteiger charge is 2.17. The van der Waals surface area contributed by atoms with Crippen molar-refractivity contribution >= 4 is 38.7 Å². The van der Waals surface area contributed by atoms with Crippen LogP contribution in [0.15, 0.2) is 51.4 Å². The van der Waals surface area contributed by atoms with Crippen LogP contribution >= 0.6 is 15.9 Å². The van der Waals surface area contributed by atoms with Gasteiger partial charge in [-0.05, 0) is 49.7 Å². The Kier molecular flexibility index (Phi) is 5.81. The lowest BCUT2D eigenvalue weighted by Gasteiger charge is -2.06. The number of hydrogen-bond acceptors (Lipinski definition) is 4. The van der Waals surface area contributed by atoms with E-state index < -0.39 is 0 Å². The number of carbonyl (C=O) groups excluding carboxylic acids is 2. The molecule has 2 aromatic carbocycles. The van der Waals surface area contributed by atoms with E-state index >= 15 is 0 Å². The van der Waals surface area contributed by atoms with E-state index in [1.165, 1.54) is 12.1 Å². The molecule has 1 heterocycles. The number of phenols is 1. The molecule has 7 heteroatoms. The number of phenolic OH excluding ortho intramolecular Hbond substituents is 1. The first-order valence-corrected chi connectivity index (χ1v) is 9.29. The number of aromatic hydroxyl groups is 1. The maximum atomic E-state index is 12.3. The number of nitrogens with one attached hydrogen (secondary N) is 2. The maximum absolute atomic E-state index is 12.3. The summed E-state index contributed by atoms with van der Waals surface area (Å²) in [7, 11) is 0. The van der Waals surface area contributed by atoms with Crippen molar-refractivity contribution in [1.82, 2.24) is 10.6 Å². The van der Waals surface area contributed by atoms with E-state index in [1.807, 2.05) is 25.1 Å². The molecular weight excluding hydrogens is 412 g/mol. The standard InChI is InChI=1S/C20H19BrN2O4/c1-12-16-11-14(21)6-7-17(16)27-18(12)20(26)23-9-3-8-22-19(25)13-4-2-5-15(24)10-13/h2,4-7,10-11,24H,3,8-9H2,1H3,(H,22,25)(H,23,26). The molecule has 6 nitrogen and oxygen atoms in total. The number of halogens is 1. The molecule has 0 saturated heterocycles. The van der Waals surface area contributed by atoms with Gasteiger partial charge < -0.3 is 20.2 Å². The smallest absolute Gasteiger partial charge is 0.287 e. The topological polar surface area (TPSA) is 91.6 Å². The molecule has 1 aromatic heterocycles. The number of hydrogen-bond donors (Lipinski definition) is 3.